The lowest BCUT2D eigenvalue weighted by atomic mass is 9.99. The van der Waals surface area contributed by atoms with Crippen LogP contribution in [-0.4, -0.2) is 45.2 Å². The number of nitrogens with zero attached hydrogens (tertiary/aromatic N) is 2. The fourth-order valence-corrected chi connectivity index (χ4v) is 2.00. The highest BCUT2D eigenvalue weighted by Gasteiger charge is 2.37. The van der Waals surface area contributed by atoms with Crippen molar-refractivity contribution in [3.8, 4) is 0 Å². The minimum Gasteiger partial charge on any atom is -0.481 e. The number of carbonyl (C=O) groups excluding carboxylic acids is 1. The Kier molecular flexibility index (Phi) is 2.64. The average molecular weight is 223 g/mol. The third-order valence-corrected chi connectivity index (χ3v) is 2.95. The fraction of sp³-hybridized carbons (Fsp3) is 0.500. The highest BCUT2D eigenvalue weighted by Crippen LogP contribution is 2.24. The Labute approximate surface area is 92.3 Å². The van der Waals surface area contributed by atoms with Crippen LogP contribution in [-0.2, 0) is 4.79 Å². The SMILES string of the molecule is C[C@@H]1CN(C(=O)c2ccn[nH]2)C[C@H]1C(=O)O. The molecule has 0 aliphatic carbocycles. The Hall–Kier alpha value is -1.85. The predicted octanol–water partition coefficient (Wildman–Crippen LogP) is 0.202. The first-order chi connectivity index (χ1) is 7.59. The second-order valence-corrected chi connectivity index (χ2v) is 4.10. The lowest BCUT2D eigenvalue weighted by molar-refractivity contribution is -0.142. The minimum absolute atomic E-state index is 0.00984. The third-order valence-electron chi connectivity index (χ3n) is 2.95. The number of aliphatic carboxylic acids is 1. The number of carbonyl (C=O) groups is 2. The van der Waals surface area contributed by atoms with Crippen LogP contribution in [0, 0.1) is 11.8 Å². The lowest BCUT2D eigenvalue weighted by Crippen LogP contribution is -2.30. The number of aromatic nitrogens is 2. The van der Waals surface area contributed by atoms with Crippen molar-refractivity contribution in [2.75, 3.05) is 13.1 Å². The monoisotopic (exact) mass is 223 g/mol. The van der Waals surface area contributed by atoms with Crippen LogP contribution < -0.4 is 0 Å². The number of carboxylic acids is 1. The standard InChI is InChI=1S/C10H13N3O3/c1-6-4-13(5-7(6)10(15)16)9(14)8-2-3-11-12-8/h2-3,6-7H,4-5H2,1H3,(H,11,12)(H,15,16)/t6-,7-/m1/s1. The summed E-state index contributed by atoms with van der Waals surface area (Å²) in [5.41, 5.74) is 0.401. The summed E-state index contributed by atoms with van der Waals surface area (Å²) in [6.45, 7) is 2.60. The van der Waals surface area contributed by atoms with Gasteiger partial charge in [-0.2, -0.15) is 5.10 Å². The molecule has 0 spiro atoms. The van der Waals surface area contributed by atoms with E-state index in [-0.39, 0.29) is 18.4 Å². The average Bonchev–Trinajstić information content (AvgIpc) is 2.84. The number of rotatable bonds is 2. The molecule has 0 radical (unpaired) electrons. The van der Waals surface area contributed by atoms with Crippen molar-refractivity contribution in [1.82, 2.24) is 15.1 Å². The van der Waals surface area contributed by atoms with Gasteiger partial charge < -0.3 is 10.0 Å². The van der Waals surface area contributed by atoms with Crippen LogP contribution in [0.4, 0.5) is 0 Å². The van der Waals surface area contributed by atoms with Crippen molar-refractivity contribution < 1.29 is 14.7 Å². The van der Waals surface area contributed by atoms with Gasteiger partial charge in [0.15, 0.2) is 0 Å². The van der Waals surface area contributed by atoms with E-state index in [9.17, 15) is 9.59 Å². The summed E-state index contributed by atoms with van der Waals surface area (Å²) in [4.78, 5) is 24.3. The largest absolute Gasteiger partial charge is 0.481 e. The first-order valence-electron chi connectivity index (χ1n) is 5.11. The van der Waals surface area contributed by atoms with Gasteiger partial charge >= 0.3 is 5.97 Å². The van der Waals surface area contributed by atoms with Crippen LogP contribution in [0.2, 0.25) is 0 Å². The normalized spacial score (nSPS) is 24.7. The molecule has 2 rings (SSSR count). The van der Waals surface area contributed by atoms with E-state index in [1.54, 1.807) is 11.0 Å². The van der Waals surface area contributed by atoms with Crippen molar-refractivity contribution in [3.05, 3.63) is 18.0 Å². The van der Waals surface area contributed by atoms with Gasteiger partial charge in [-0.3, -0.25) is 14.7 Å². The summed E-state index contributed by atoms with van der Waals surface area (Å²) >= 11 is 0. The molecular formula is C10H13N3O3. The van der Waals surface area contributed by atoms with Crippen LogP contribution in [0.5, 0.6) is 0 Å². The van der Waals surface area contributed by atoms with Gasteiger partial charge in [-0.15, -0.1) is 0 Å². The maximum atomic E-state index is 11.9. The van der Waals surface area contributed by atoms with E-state index in [1.807, 2.05) is 6.92 Å². The van der Waals surface area contributed by atoms with E-state index in [1.165, 1.54) is 6.20 Å². The zero-order chi connectivity index (χ0) is 11.7. The van der Waals surface area contributed by atoms with Crippen LogP contribution in [0.15, 0.2) is 12.3 Å². The summed E-state index contributed by atoms with van der Waals surface area (Å²) < 4.78 is 0. The van der Waals surface area contributed by atoms with Crippen LogP contribution in [0.25, 0.3) is 0 Å². The zero-order valence-electron chi connectivity index (χ0n) is 8.88. The molecule has 0 saturated carbocycles. The summed E-state index contributed by atoms with van der Waals surface area (Å²) in [7, 11) is 0. The van der Waals surface area contributed by atoms with E-state index < -0.39 is 11.9 Å². The number of hydrogen-bond donors (Lipinski definition) is 2. The van der Waals surface area contributed by atoms with Gasteiger partial charge in [0.2, 0.25) is 0 Å². The van der Waals surface area contributed by atoms with Gasteiger partial charge in [0, 0.05) is 19.3 Å². The third kappa shape index (κ3) is 1.78. The van der Waals surface area contributed by atoms with Gasteiger partial charge in [0.05, 0.1) is 5.92 Å². The smallest absolute Gasteiger partial charge is 0.308 e. The van der Waals surface area contributed by atoms with E-state index in [0.717, 1.165) is 0 Å². The molecule has 1 amide bonds. The molecule has 1 fully saturated rings. The maximum absolute atomic E-state index is 11.9. The Morgan fingerprint density at radius 2 is 2.31 bits per heavy atom. The van der Waals surface area contributed by atoms with E-state index in [2.05, 4.69) is 10.2 Å². The Morgan fingerprint density at radius 3 is 2.81 bits per heavy atom. The van der Waals surface area contributed by atoms with E-state index in [0.29, 0.717) is 12.2 Å². The fourth-order valence-electron chi connectivity index (χ4n) is 2.00. The zero-order valence-corrected chi connectivity index (χ0v) is 8.88. The molecule has 2 atom stereocenters. The van der Waals surface area contributed by atoms with Crippen molar-refractivity contribution in [2.24, 2.45) is 11.8 Å². The van der Waals surface area contributed by atoms with Crippen molar-refractivity contribution in [2.45, 2.75) is 6.92 Å². The quantitative estimate of drug-likeness (QED) is 0.750. The number of H-pyrrole nitrogens is 1. The predicted molar refractivity (Wildman–Crippen MR) is 54.8 cm³/mol. The van der Waals surface area contributed by atoms with Crippen molar-refractivity contribution >= 4 is 11.9 Å². The number of aromatic amines is 1. The highest BCUT2D eigenvalue weighted by atomic mass is 16.4. The molecule has 6 heteroatoms. The molecule has 16 heavy (non-hydrogen) atoms. The molecule has 6 nitrogen and oxygen atoms in total. The molecule has 1 aliphatic heterocycles. The number of carboxylic acid groups (broad SMARTS) is 1. The van der Waals surface area contributed by atoms with Gasteiger partial charge in [-0.25, -0.2) is 0 Å². The first kappa shape index (κ1) is 10.7. The molecule has 0 unspecified atom stereocenters. The highest BCUT2D eigenvalue weighted by molar-refractivity contribution is 5.92. The van der Waals surface area contributed by atoms with E-state index >= 15 is 0 Å². The Balaban J connectivity index is 2.09. The van der Waals surface area contributed by atoms with Gasteiger partial charge in [-0.05, 0) is 12.0 Å². The van der Waals surface area contributed by atoms with Crippen LogP contribution in [0.1, 0.15) is 17.4 Å². The number of nitrogens with one attached hydrogen (secondary N) is 1. The molecule has 0 bridgehead atoms. The molecule has 2 N–H and O–H groups in total. The molecule has 2 heterocycles. The molecule has 1 aromatic heterocycles. The lowest BCUT2D eigenvalue weighted by Gasteiger charge is -2.14. The second-order valence-electron chi connectivity index (χ2n) is 4.10. The number of likely N-dealkylation sites (tertiary alicyclic amines) is 1. The summed E-state index contributed by atoms with van der Waals surface area (Å²) in [5, 5.41) is 15.2. The van der Waals surface area contributed by atoms with Crippen molar-refractivity contribution in [3.63, 3.8) is 0 Å². The summed E-state index contributed by atoms with van der Waals surface area (Å²) in [5.74, 6) is -1.50. The van der Waals surface area contributed by atoms with E-state index in [4.69, 9.17) is 5.11 Å². The Morgan fingerprint density at radius 1 is 1.56 bits per heavy atom. The molecular weight excluding hydrogens is 210 g/mol. The number of amides is 1. The van der Waals surface area contributed by atoms with Gasteiger partial charge in [0.25, 0.3) is 5.91 Å². The Bertz CT molecular complexity index is 401. The molecule has 0 aromatic carbocycles. The minimum atomic E-state index is -0.840. The number of hydrogen-bond acceptors (Lipinski definition) is 3. The van der Waals surface area contributed by atoms with Gasteiger partial charge in [-0.1, -0.05) is 6.92 Å². The maximum Gasteiger partial charge on any atom is 0.308 e. The molecule has 86 valence electrons. The summed E-state index contributed by atoms with van der Waals surface area (Å²) in [6.07, 6.45) is 1.50. The summed E-state index contributed by atoms with van der Waals surface area (Å²) in [6, 6.07) is 1.58. The first-order valence-corrected chi connectivity index (χ1v) is 5.11. The molecule has 1 aromatic rings. The van der Waals surface area contributed by atoms with Gasteiger partial charge in [0.1, 0.15) is 5.69 Å². The second kappa shape index (κ2) is 3.96. The van der Waals surface area contributed by atoms with Crippen LogP contribution >= 0.6 is 0 Å². The molecule has 1 saturated heterocycles. The van der Waals surface area contributed by atoms with Crippen LogP contribution in [0.3, 0.4) is 0 Å². The molecule has 1 aliphatic rings. The van der Waals surface area contributed by atoms with Crippen molar-refractivity contribution in [1.29, 1.82) is 0 Å². The topological polar surface area (TPSA) is 86.3 Å².